The highest BCUT2D eigenvalue weighted by Gasteiger charge is 2.15. The number of piperidine rings is 1. The third-order valence-electron chi connectivity index (χ3n) is 4.39. The van der Waals surface area contributed by atoms with Crippen molar-refractivity contribution in [2.75, 3.05) is 27.3 Å². The summed E-state index contributed by atoms with van der Waals surface area (Å²) in [4.78, 5) is 12.7. The van der Waals surface area contributed by atoms with E-state index in [0.29, 0.717) is 22.8 Å². The van der Waals surface area contributed by atoms with E-state index in [4.69, 9.17) is 9.47 Å². The van der Waals surface area contributed by atoms with Crippen molar-refractivity contribution in [3.05, 3.63) is 34.7 Å². The monoisotopic (exact) mass is 302 g/mol. The van der Waals surface area contributed by atoms with E-state index in [1.54, 1.807) is 20.3 Å². The molecular weight excluding hydrogens is 280 g/mol. The van der Waals surface area contributed by atoms with E-state index < -0.39 is 0 Å². The molecule has 0 bridgehead atoms. The number of rotatable bonds is 4. The van der Waals surface area contributed by atoms with Gasteiger partial charge >= 0.3 is 0 Å². The zero-order valence-corrected chi connectivity index (χ0v) is 13.1. The zero-order valence-electron chi connectivity index (χ0n) is 13.1. The molecule has 0 radical (unpaired) electrons. The molecule has 0 unspecified atom stereocenters. The molecule has 3 rings (SSSR count). The molecule has 2 aromatic rings. The molecule has 1 saturated heterocycles. The van der Waals surface area contributed by atoms with Crippen molar-refractivity contribution in [1.82, 2.24) is 9.88 Å². The zero-order chi connectivity index (χ0) is 15.5. The Morgan fingerprint density at radius 1 is 1.18 bits per heavy atom. The van der Waals surface area contributed by atoms with E-state index in [9.17, 15) is 4.79 Å². The molecule has 22 heavy (non-hydrogen) atoms. The van der Waals surface area contributed by atoms with E-state index in [1.165, 1.54) is 0 Å². The lowest BCUT2D eigenvalue weighted by Gasteiger charge is -2.23. The molecule has 0 spiro atoms. The van der Waals surface area contributed by atoms with Crippen LogP contribution in [0.2, 0.25) is 0 Å². The fourth-order valence-corrected chi connectivity index (χ4v) is 3.10. The van der Waals surface area contributed by atoms with Crippen LogP contribution in [0.15, 0.2) is 29.2 Å². The van der Waals surface area contributed by atoms with Crippen LogP contribution in [0, 0.1) is 5.92 Å². The van der Waals surface area contributed by atoms with Gasteiger partial charge in [0.25, 0.3) is 5.56 Å². The number of methoxy groups -OCH3 is 2. The molecule has 0 aliphatic carbocycles. The van der Waals surface area contributed by atoms with Gasteiger partial charge in [0.2, 0.25) is 0 Å². The van der Waals surface area contributed by atoms with Crippen molar-refractivity contribution in [2.45, 2.75) is 19.4 Å². The standard InChI is InChI=1S/C17H22N2O3/c1-21-15-9-13-5-8-19(11-12-3-6-18-7-4-12)17(20)14(13)10-16(15)22-2/h5,8-10,12,18H,3-4,6-7,11H2,1-2H3. The number of hydrogen-bond donors (Lipinski definition) is 1. The number of hydrogen-bond acceptors (Lipinski definition) is 4. The average molecular weight is 302 g/mol. The van der Waals surface area contributed by atoms with Gasteiger partial charge in [0.05, 0.1) is 19.6 Å². The summed E-state index contributed by atoms with van der Waals surface area (Å²) in [5.74, 6) is 1.80. The first-order chi connectivity index (χ1) is 10.7. The Morgan fingerprint density at radius 2 is 1.86 bits per heavy atom. The van der Waals surface area contributed by atoms with Crippen molar-refractivity contribution in [2.24, 2.45) is 5.92 Å². The highest BCUT2D eigenvalue weighted by molar-refractivity contribution is 5.85. The normalized spacial score (nSPS) is 15.9. The molecule has 1 aliphatic rings. The van der Waals surface area contributed by atoms with Crippen LogP contribution in [0.5, 0.6) is 11.5 Å². The van der Waals surface area contributed by atoms with Gasteiger partial charge in [-0.2, -0.15) is 0 Å². The van der Waals surface area contributed by atoms with Crippen molar-refractivity contribution in [3.63, 3.8) is 0 Å². The Morgan fingerprint density at radius 3 is 2.55 bits per heavy atom. The Bertz CT molecular complexity index is 718. The second-order valence-electron chi connectivity index (χ2n) is 5.76. The summed E-state index contributed by atoms with van der Waals surface area (Å²) in [6, 6.07) is 5.60. The van der Waals surface area contributed by atoms with Crippen molar-refractivity contribution < 1.29 is 9.47 Å². The summed E-state index contributed by atoms with van der Waals surface area (Å²) in [6.45, 7) is 2.86. The van der Waals surface area contributed by atoms with E-state index in [-0.39, 0.29) is 5.56 Å². The van der Waals surface area contributed by atoms with Gasteiger partial charge in [0.1, 0.15) is 0 Å². The second kappa shape index (κ2) is 6.40. The van der Waals surface area contributed by atoms with Gasteiger partial charge < -0.3 is 19.4 Å². The molecule has 1 fully saturated rings. The third-order valence-corrected chi connectivity index (χ3v) is 4.39. The van der Waals surface area contributed by atoms with Crippen LogP contribution >= 0.6 is 0 Å². The van der Waals surface area contributed by atoms with Gasteiger partial charge in [0.15, 0.2) is 11.5 Å². The highest BCUT2D eigenvalue weighted by atomic mass is 16.5. The fourth-order valence-electron chi connectivity index (χ4n) is 3.10. The molecule has 5 nitrogen and oxygen atoms in total. The molecule has 0 saturated carbocycles. The summed E-state index contributed by atoms with van der Waals surface area (Å²) in [6.07, 6.45) is 4.13. The Labute approximate surface area is 129 Å². The molecule has 0 atom stereocenters. The fraction of sp³-hybridized carbons (Fsp3) is 0.471. The number of benzene rings is 1. The minimum absolute atomic E-state index is 0.0389. The first-order valence-electron chi connectivity index (χ1n) is 7.69. The lowest BCUT2D eigenvalue weighted by molar-refractivity contribution is 0.330. The lowest BCUT2D eigenvalue weighted by Crippen LogP contribution is -2.32. The predicted octanol–water partition coefficient (Wildman–Crippen LogP) is 2.02. The smallest absolute Gasteiger partial charge is 0.258 e. The first-order valence-corrected chi connectivity index (χ1v) is 7.69. The van der Waals surface area contributed by atoms with Gasteiger partial charge in [-0.25, -0.2) is 0 Å². The lowest BCUT2D eigenvalue weighted by atomic mass is 9.98. The van der Waals surface area contributed by atoms with Crippen molar-refractivity contribution in [3.8, 4) is 11.5 Å². The van der Waals surface area contributed by atoms with Gasteiger partial charge in [-0.05, 0) is 55.4 Å². The number of ether oxygens (including phenoxy) is 2. The van der Waals surface area contributed by atoms with Crippen LogP contribution in [0.4, 0.5) is 0 Å². The van der Waals surface area contributed by atoms with Crippen molar-refractivity contribution >= 4 is 10.8 Å². The van der Waals surface area contributed by atoms with Crippen molar-refractivity contribution in [1.29, 1.82) is 0 Å². The van der Waals surface area contributed by atoms with E-state index in [0.717, 1.165) is 37.9 Å². The minimum Gasteiger partial charge on any atom is -0.493 e. The molecule has 2 heterocycles. The van der Waals surface area contributed by atoms with Crippen LogP contribution in [0.3, 0.4) is 0 Å². The molecule has 1 aromatic heterocycles. The van der Waals surface area contributed by atoms with Gasteiger partial charge in [0, 0.05) is 12.7 Å². The summed E-state index contributed by atoms with van der Waals surface area (Å²) < 4.78 is 12.4. The maximum absolute atomic E-state index is 12.7. The summed E-state index contributed by atoms with van der Waals surface area (Å²) in [5, 5.41) is 4.91. The van der Waals surface area contributed by atoms with Gasteiger partial charge in [-0.1, -0.05) is 0 Å². The number of pyridine rings is 1. The highest BCUT2D eigenvalue weighted by Crippen LogP contribution is 2.30. The molecule has 1 N–H and O–H groups in total. The maximum atomic E-state index is 12.7. The molecule has 0 amide bonds. The molecule has 1 aromatic carbocycles. The average Bonchev–Trinajstić information content (AvgIpc) is 2.57. The molecule has 1 aliphatic heterocycles. The summed E-state index contributed by atoms with van der Waals surface area (Å²) in [7, 11) is 3.18. The third kappa shape index (κ3) is 2.81. The molecule has 5 heteroatoms. The van der Waals surface area contributed by atoms with Crippen LogP contribution in [0.1, 0.15) is 12.8 Å². The van der Waals surface area contributed by atoms with Gasteiger partial charge in [-0.3, -0.25) is 4.79 Å². The minimum atomic E-state index is 0.0389. The number of aromatic nitrogens is 1. The quantitative estimate of drug-likeness (QED) is 0.939. The number of nitrogens with one attached hydrogen (secondary N) is 1. The topological polar surface area (TPSA) is 52.5 Å². The predicted molar refractivity (Wildman–Crippen MR) is 86.9 cm³/mol. The first kappa shape index (κ1) is 14.9. The van der Waals surface area contributed by atoms with Gasteiger partial charge in [-0.15, -0.1) is 0 Å². The summed E-state index contributed by atoms with van der Waals surface area (Å²) >= 11 is 0. The van der Waals surface area contributed by atoms with Crippen LogP contribution in [-0.2, 0) is 6.54 Å². The number of fused-ring (bicyclic) bond motifs is 1. The van der Waals surface area contributed by atoms with E-state index in [2.05, 4.69) is 5.32 Å². The summed E-state index contributed by atoms with van der Waals surface area (Å²) in [5.41, 5.74) is 0.0389. The second-order valence-corrected chi connectivity index (χ2v) is 5.76. The Balaban J connectivity index is 1.99. The number of nitrogens with zero attached hydrogens (tertiary/aromatic N) is 1. The SMILES string of the molecule is COc1cc2ccn(CC3CCNCC3)c(=O)c2cc1OC. The van der Waals surface area contributed by atoms with Crippen LogP contribution < -0.4 is 20.3 Å². The largest absolute Gasteiger partial charge is 0.493 e. The Hall–Kier alpha value is -2.01. The Kier molecular flexibility index (Phi) is 4.34. The van der Waals surface area contributed by atoms with E-state index in [1.807, 2.05) is 22.9 Å². The molecule has 118 valence electrons. The van der Waals surface area contributed by atoms with E-state index >= 15 is 0 Å². The van der Waals surface area contributed by atoms with Crippen LogP contribution in [0.25, 0.3) is 10.8 Å². The molecular formula is C17H22N2O3. The maximum Gasteiger partial charge on any atom is 0.258 e. The van der Waals surface area contributed by atoms with Crippen LogP contribution in [-0.4, -0.2) is 31.9 Å².